The Kier molecular flexibility index (Phi) is 7.05. The highest BCUT2D eigenvalue weighted by atomic mass is 16.1. The van der Waals surface area contributed by atoms with Crippen LogP contribution in [-0.2, 0) is 4.79 Å². The standard InChI is InChI=1S/C27H38N6O/c28-19-27(14-16-32(20-27)22-11-5-2-6-12-22)31-25(34)17-24(21-9-3-1-4-10-21)30-26-29-18-23-13-7-8-15-33(23)26/h7-8,13,15,18,21-22,24H,1-6,9-12,14,16-17,20H2,(H,29,30)(H,31,34). The van der Waals surface area contributed by atoms with E-state index in [4.69, 9.17) is 0 Å². The number of amides is 1. The smallest absolute Gasteiger partial charge is 0.223 e. The Labute approximate surface area is 202 Å². The van der Waals surface area contributed by atoms with Crippen LogP contribution in [0.2, 0.25) is 0 Å². The van der Waals surface area contributed by atoms with E-state index >= 15 is 0 Å². The maximum absolute atomic E-state index is 13.3. The van der Waals surface area contributed by atoms with Gasteiger partial charge in [0, 0.05) is 37.8 Å². The predicted molar refractivity (Wildman–Crippen MR) is 133 cm³/mol. The number of aromatic nitrogens is 2. The first-order valence-electron chi connectivity index (χ1n) is 13.3. The number of carbonyl (C=O) groups excluding carboxylic acids is 1. The van der Waals surface area contributed by atoms with E-state index in [-0.39, 0.29) is 11.9 Å². The number of hydrogen-bond acceptors (Lipinski definition) is 5. The third-order valence-electron chi connectivity index (χ3n) is 8.36. The molecule has 2 unspecified atom stereocenters. The van der Waals surface area contributed by atoms with Crippen LogP contribution in [0.1, 0.15) is 77.0 Å². The van der Waals surface area contributed by atoms with Crippen LogP contribution >= 0.6 is 0 Å². The molecule has 7 nitrogen and oxygen atoms in total. The number of likely N-dealkylation sites (tertiary alicyclic amines) is 1. The van der Waals surface area contributed by atoms with Crippen LogP contribution in [0.25, 0.3) is 5.52 Å². The minimum absolute atomic E-state index is 0.0118. The van der Waals surface area contributed by atoms with E-state index in [1.54, 1.807) is 0 Å². The van der Waals surface area contributed by atoms with Gasteiger partial charge in [-0.15, -0.1) is 0 Å². The lowest BCUT2D eigenvalue weighted by molar-refractivity contribution is -0.122. The zero-order valence-corrected chi connectivity index (χ0v) is 20.2. The number of rotatable bonds is 7. The monoisotopic (exact) mass is 462 g/mol. The molecule has 1 amide bonds. The molecule has 2 aliphatic carbocycles. The van der Waals surface area contributed by atoms with E-state index in [9.17, 15) is 10.1 Å². The molecule has 34 heavy (non-hydrogen) atoms. The Balaban J connectivity index is 1.27. The van der Waals surface area contributed by atoms with E-state index in [1.807, 2.05) is 35.0 Å². The van der Waals surface area contributed by atoms with Crippen LogP contribution in [-0.4, -0.2) is 50.9 Å². The largest absolute Gasteiger partial charge is 0.352 e. The summed E-state index contributed by atoms with van der Waals surface area (Å²) in [6.07, 6.45) is 17.3. The fourth-order valence-electron chi connectivity index (χ4n) is 6.42. The van der Waals surface area contributed by atoms with Crippen LogP contribution in [0.5, 0.6) is 0 Å². The topological polar surface area (TPSA) is 85.5 Å². The lowest BCUT2D eigenvalue weighted by Gasteiger charge is -2.33. The molecular formula is C27H38N6O. The summed E-state index contributed by atoms with van der Waals surface area (Å²) in [7, 11) is 0. The maximum atomic E-state index is 13.3. The summed E-state index contributed by atoms with van der Waals surface area (Å²) in [6, 6.07) is 9.12. The van der Waals surface area contributed by atoms with Crippen molar-refractivity contribution in [3.05, 3.63) is 30.6 Å². The van der Waals surface area contributed by atoms with Gasteiger partial charge in [-0.25, -0.2) is 4.98 Å². The Bertz CT molecular complexity index is 1020. The maximum Gasteiger partial charge on any atom is 0.223 e. The van der Waals surface area contributed by atoms with Gasteiger partial charge in [0.25, 0.3) is 0 Å². The van der Waals surface area contributed by atoms with Crippen molar-refractivity contribution in [2.45, 2.75) is 94.7 Å². The number of nitrogens with zero attached hydrogens (tertiary/aromatic N) is 4. The van der Waals surface area contributed by atoms with Gasteiger partial charge in [-0.3, -0.25) is 14.1 Å². The number of pyridine rings is 1. The fraction of sp³-hybridized carbons (Fsp3) is 0.667. The van der Waals surface area contributed by atoms with Gasteiger partial charge in [0.2, 0.25) is 11.9 Å². The number of fused-ring (bicyclic) bond motifs is 1. The molecule has 1 saturated heterocycles. The van der Waals surface area contributed by atoms with E-state index in [0.717, 1.165) is 37.3 Å². The Morgan fingerprint density at radius 1 is 1.15 bits per heavy atom. The van der Waals surface area contributed by atoms with Crippen molar-refractivity contribution in [3.8, 4) is 6.07 Å². The number of nitrogens with one attached hydrogen (secondary N) is 2. The second-order valence-corrected chi connectivity index (χ2v) is 10.7. The van der Waals surface area contributed by atoms with Crippen molar-refractivity contribution in [2.24, 2.45) is 5.92 Å². The Morgan fingerprint density at radius 2 is 1.91 bits per heavy atom. The average molecular weight is 463 g/mol. The first-order valence-corrected chi connectivity index (χ1v) is 13.3. The van der Waals surface area contributed by atoms with Gasteiger partial charge in [0.05, 0.1) is 17.8 Å². The molecule has 1 aliphatic heterocycles. The lowest BCUT2D eigenvalue weighted by atomic mass is 9.82. The van der Waals surface area contributed by atoms with Crippen molar-refractivity contribution >= 4 is 17.4 Å². The van der Waals surface area contributed by atoms with Crippen LogP contribution < -0.4 is 10.6 Å². The molecule has 2 atom stereocenters. The molecule has 2 N–H and O–H groups in total. The summed E-state index contributed by atoms with van der Waals surface area (Å²) >= 11 is 0. The highest BCUT2D eigenvalue weighted by Gasteiger charge is 2.42. The molecule has 3 fully saturated rings. The van der Waals surface area contributed by atoms with Crippen molar-refractivity contribution in [2.75, 3.05) is 18.4 Å². The normalized spacial score (nSPS) is 25.7. The number of carbonyl (C=O) groups is 1. The molecule has 0 spiro atoms. The quantitative estimate of drug-likeness (QED) is 0.633. The number of anilines is 1. The second-order valence-electron chi connectivity index (χ2n) is 10.7. The first kappa shape index (κ1) is 23.2. The van der Waals surface area contributed by atoms with Crippen molar-refractivity contribution in [1.82, 2.24) is 19.6 Å². The van der Waals surface area contributed by atoms with Gasteiger partial charge >= 0.3 is 0 Å². The Hall–Kier alpha value is -2.59. The summed E-state index contributed by atoms with van der Waals surface area (Å²) in [5, 5.41) is 16.9. The van der Waals surface area contributed by atoms with Crippen molar-refractivity contribution in [3.63, 3.8) is 0 Å². The molecule has 2 aromatic heterocycles. The molecule has 0 bridgehead atoms. The van der Waals surface area contributed by atoms with Crippen molar-refractivity contribution in [1.29, 1.82) is 5.26 Å². The lowest BCUT2D eigenvalue weighted by Crippen LogP contribution is -2.51. The van der Waals surface area contributed by atoms with Gasteiger partial charge in [-0.05, 0) is 50.2 Å². The highest BCUT2D eigenvalue weighted by molar-refractivity contribution is 5.78. The van der Waals surface area contributed by atoms with Crippen molar-refractivity contribution < 1.29 is 4.79 Å². The third kappa shape index (κ3) is 5.07. The summed E-state index contributed by atoms with van der Waals surface area (Å²) in [5.41, 5.74) is 0.278. The molecule has 7 heteroatoms. The highest BCUT2D eigenvalue weighted by Crippen LogP contribution is 2.32. The van der Waals surface area contributed by atoms with Gasteiger partial charge in [-0.1, -0.05) is 44.6 Å². The van der Waals surface area contributed by atoms with Gasteiger partial charge in [0.15, 0.2) is 0 Å². The zero-order valence-electron chi connectivity index (χ0n) is 20.2. The minimum atomic E-state index is -0.758. The first-order chi connectivity index (χ1) is 16.7. The minimum Gasteiger partial charge on any atom is -0.352 e. The molecule has 2 aromatic rings. The SMILES string of the molecule is N#CC1(NC(=O)CC(Nc2ncc3ccccn23)C2CCCCC2)CCN(C2CCCCC2)C1. The van der Waals surface area contributed by atoms with Crippen LogP contribution in [0.4, 0.5) is 5.95 Å². The number of hydrogen-bond donors (Lipinski definition) is 2. The number of nitriles is 1. The Morgan fingerprint density at radius 3 is 2.68 bits per heavy atom. The fourth-order valence-corrected chi connectivity index (χ4v) is 6.42. The zero-order chi connectivity index (χ0) is 23.4. The molecule has 182 valence electrons. The van der Waals surface area contributed by atoms with E-state index in [1.165, 1.54) is 51.4 Å². The van der Waals surface area contributed by atoms with E-state index < -0.39 is 5.54 Å². The van der Waals surface area contributed by atoms with Crippen LogP contribution in [0.3, 0.4) is 0 Å². The van der Waals surface area contributed by atoms with E-state index in [0.29, 0.717) is 24.9 Å². The molecule has 5 rings (SSSR count). The van der Waals surface area contributed by atoms with Crippen LogP contribution in [0, 0.1) is 17.2 Å². The summed E-state index contributed by atoms with van der Waals surface area (Å²) in [5.74, 6) is 1.21. The third-order valence-corrected chi connectivity index (χ3v) is 8.36. The molecular weight excluding hydrogens is 424 g/mol. The van der Waals surface area contributed by atoms with E-state index in [2.05, 4.69) is 26.6 Å². The van der Waals surface area contributed by atoms with Gasteiger partial charge in [-0.2, -0.15) is 5.26 Å². The number of imidazole rings is 1. The summed E-state index contributed by atoms with van der Waals surface area (Å²) in [6.45, 7) is 1.56. The van der Waals surface area contributed by atoms with Gasteiger partial charge < -0.3 is 10.6 Å². The molecule has 2 saturated carbocycles. The molecule has 0 aromatic carbocycles. The molecule has 3 aliphatic rings. The molecule has 3 heterocycles. The predicted octanol–water partition coefficient (Wildman–Crippen LogP) is 4.50. The summed E-state index contributed by atoms with van der Waals surface area (Å²) < 4.78 is 2.05. The van der Waals surface area contributed by atoms with Gasteiger partial charge in [0.1, 0.15) is 5.54 Å². The average Bonchev–Trinajstić information content (AvgIpc) is 3.50. The van der Waals surface area contributed by atoms with Crippen LogP contribution in [0.15, 0.2) is 30.6 Å². The summed E-state index contributed by atoms with van der Waals surface area (Å²) in [4.78, 5) is 20.4. The second kappa shape index (κ2) is 10.4. The molecule has 0 radical (unpaired) electrons.